The number of hydrogen-bond acceptors (Lipinski definition) is 5. The van der Waals surface area contributed by atoms with Crippen molar-refractivity contribution in [2.75, 3.05) is 4.83 Å². The van der Waals surface area contributed by atoms with Crippen LogP contribution in [0.1, 0.15) is 5.69 Å². The molecule has 0 radical (unpaired) electrons. The van der Waals surface area contributed by atoms with Gasteiger partial charge in [0.2, 0.25) is 0 Å². The lowest BCUT2D eigenvalue weighted by atomic mass is 10.1. The second-order valence-corrected chi connectivity index (χ2v) is 8.53. The van der Waals surface area contributed by atoms with Crippen LogP contribution in [-0.2, 0) is 16.6 Å². The maximum absolute atomic E-state index is 12.7. The number of nitrogens with one attached hydrogen (secondary N) is 1. The summed E-state index contributed by atoms with van der Waals surface area (Å²) in [5.41, 5.74) is 3.89. The highest BCUT2D eigenvalue weighted by Gasteiger charge is 2.18. The molecule has 0 spiro atoms. The normalized spacial score (nSPS) is 11.5. The largest absolute Gasteiger partial charge is 0.390 e. The summed E-state index contributed by atoms with van der Waals surface area (Å²) in [6, 6.07) is 19.5. The average molecular weight is 412 g/mol. The Morgan fingerprint density at radius 2 is 1.68 bits per heavy atom. The summed E-state index contributed by atoms with van der Waals surface area (Å²) in [6.07, 6.45) is 0. The van der Waals surface area contributed by atoms with Gasteiger partial charge in [-0.15, -0.1) is 0 Å². The van der Waals surface area contributed by atoms with Gasteiger partial charge in [0, 0.05) is 5.56 Å². The SMILES string of the molecule is O=S(=O)(Nn1nc(CO)cc1-c1ccc(-c2ccsc2)cc1)c1ccccc1. The summed E-state index contributed by atoms with van der Waals surface area (Å²) in [5.74, 6) is 0. The van der Waals surface area contributed by atoms with E-state index < -0.39 is 10.0 Å². The van der Waals surface area contributed by atoms with E-state index in [-0.39, 0.29) is 11.5 Å². The summed E-state index contributed by atoms with van der Waals surface area (Å²) < 4.78 is 25.3. The van der Waals surface area contributed by atoms with Gasteiger partial charge in [-0.1, -0.05) is 42.5 Å². The molecule has 28 heavy (non-hydrogen) atoms. The highest BCUT2D eigenvalue weighted by molar-refractivity contribution is 7.92. The summed E-state index contributed by atoms with van der Waals surface area (Å²) in [7, 11) is -3.81. The first-order valence-corrected chi connectivity index (χ1v) is 10.9. The quantitative estimate of drug-likeness (QED) is 0.507. The number of aliphatic hydroxyl groups excluding tert-OH is 1. The van der Waals surface area contributed by atoms with Gasteiger partial charge in [-0.25, -0.2) is 0 Å². The Balaban J connectivity index is 1.69. The molecule has 142 valence electrons. The molecule has 4 aromatic rings. The predicted octanol–water partition coefficient (Wildman–Crippen LogP) is 3.70. The number of sulfonamides is 1. The van der Waals surface area contributed by atoms with E-state index in [1.807, 2.05) is 35.7 Å². The molecule has 0 saturated heterocycles. The van der Waals surface area contributed by atoms with Crippen molar-refractivity contribution in [3.8, 4) is 22.4 Å². The number of rotatable bonds is 6. The number of hydrogen-bond donors (Lipinski definition) is 2. The van der Waals surface area contributed by atoms with Crippen molar-refractivity contribution in [2.45, 2.75) is 11.5 Å². The van der Waals surface area contributed by atoms with Crippen molar-refractivity contribution >= 4 is 21.4 Å². The van der Waals surface area contributed by atoms with Crippen LogP contribution in [0.5, 0.6) is 0 Å². The monoisotopic (exact) mass is 411 g/mol. The van der Waals surface area contributed by atoms with Crippen LogP contribution in [0.2, 0.25) is 0 Å². The van der Waals surface area contributed by atoms with E-state index in [1.54, 1.807) is 35.6 Å². The molecule has 0 aliphatic rings. The molecule has 0 saturated carbocycles. The number of thiophene rings is 1. The topological polar surface area (TPSA) is 84.2 Å². The first-order chi connectivity index (χ1) is 13.6. The molecular formula is C20H17N3O3S2. The maximum Gasteiger partial charge on any atom is 0.276 e. The van der Waals surface area contributed by atoms with Gasteiger partial charge in [0.15, 0.2) is 0 Å². The van der Waals surface area contributed by atoms with E-state index in [4.69, 9.17) is 0 Å². The fourth-order valence-corrected chi connectivity index (χ4v) is 4.46. The lowest BCUT2D eigenvalue weighted by Gasteiger charge is -2.11. The smallest absolute Gasteiger partial charge is 0.276 e. The van der Waals surface area contributed by atoms with Gasteiger partial charge in [0.05, 0.1) is 22.9 Å². The van der Waals surface area contributed by atoms with Gasteiger partial charge in [-0.3, -0.25) is 0 Å². The van der Waals surface area contributed by atoms with Crippen LogP contribution < -0.4 is 4.83 Å². The molecule has 0 aliphatic heterocycles. The highest BCUT2D eigenvalue weighted by Crippen LogP contribution is 2.27. The van der Waals surface area contributed by atoms with Crippen LogP contribution in [0.4, 0.5) is 0 Å². The minimum Gasteiger partial charge on any atom is -0.390 e. The van der Waals surface area contributed by atoms with Crippen molar-refractivity contribution in [1.82, 2.24) is 9.89 Å². The second-order valence-electron chi connectivity index (χ2n) is 6.09. The zero-order valence-electron chi connectivity index (χ0n) is 14.7. The average Bonchev–Trinajstić information content (AvgIpc) is 3.39. The van der Waals surface area contributed by atoms with E-state index in [9.17, 15) is 13.5 Å². The zero-order valence-corrected chi connectivity index (χ0v) is 16.3. The molecule has 8 heteroatoms. The van der Waals surface area contributed by atoms with E-state index >= 15 is 0 Å². The number of nitrogens with zero attached hydrogens (tertiary/aromatic N) is 2. The molecule has 0 unspecified atom stereocenters. The molecule has 2 heterocycles. The standard InChI is InChI=1S/C20H17N3O3S2/c24-13-18-12-20(16-8-6-15(7-9-16)17-10-11-27-14-17)23(21-18)22-28(25,26)19-4-2-1-3-5-19/h1-12,14,22,24H,13H2. The summed E-state index contributed by atoms with van der Waals surface area (Å²) in [4.78, 5) is 3.79. The van der Waals surface area contributed by atoms with Gasteiger partial charge in [-0.2, -0.15) is 34.5 Å². The molecule has 2 N–H and O–H groups in total. The van der Waals surface area contributed by atoms with Crippen molar-refractivity contribution in [3.05, 3.63) is 83.2 Å². The summed E-state index contributed by atoms with van der Waals surface area (Å²) in [6.45, 7) is -0.292. The third-order valence-electron chi connectivity index (χ3n) is 4.22. The molecule has 4 rings (SSSR count). The molecule has 0 aliphatic carbocycles. The van der Waals surface area contributed by atoms with Crippen LogP contribution in [0.3, 0.4) is 0 Å². The minimum atomic E-state index is -3.81. The fourth-order valence-electron chi connectivity index (χ4n) is 2.81. The van der Waals surface area contributed by atoms with Gasteiger partial charge < -0.3 is 5.11 Å². The lowest BCUT2D eigenvalue weighted by Crippen LogP contribution is -2.25. The first-order valence-electron chi connectivity index (χ1n) is 8.47. The number of aliphatic hydroxyl groups is 1. The van der Waals surface area contributed by atoms with Crippen molar-refractivity contribution in [2.24, 2.45) is 0 Å². The second kappa shape index (κ2) is 7.59. The Hall–Kier alpha value is -2.94. The highest BCUT2D eigenvalue weighted by atomic mass is 32.2. The summed E-state index contributed by atoms with van der Waals surface area (Å²) >= 11 is 1.63. The van der Waals surface area contributed by atoms with Gasteiger partial charge >= 0.3 is 0 Å². The summed E-state index contributed by atoms with van der Waals surface area (Å²) in [5, 5.41) is 17.7. The molecule has 6 nitrogen and oxygen atoms in total. The van der Waals surface area contributed by atoms with E-state index in [2.05, 4.69) is 15.3 Å². The Morgan fingerprint density at radius 3 is 2.32 bits per heavy atom. The van der Waals surface area contributed by atoms with Crippen LogP contribution in [0, 0.1) is 0 Å². The molecule has 0 bridgehead atoms. The Labute approximate surface area is 166 Å². The Bertz CT molecular complexity index is 1170. The minimum absolute atomic E-state index is 0.134. The fraction of sp³-hybridized carbons (Fsp3) is 0.0500. The third-order valence-corrected chi connectivity index (χ3v) is 6.21. The number of aromatic nitrogens is 2. The van der Waals surface area contributed by atoms with Crippen molar-refractivity contribution in [1.29, 1.82) is 0 Å². The van der Waals surface area contributed by atoms with Gasteiger partial charge in [-0.05, 0) is 46.2 Å². The Morgan fingerprint density at radius 1 is 0.964 bits per heavy atom. The number of benzene rings is 2. The van der Waals surface area contributed by atoms with Crippen LogP contribution in [0.15, 0.2) is 82.4 Å². The van der Waals surface area contributed by atoms with E-state index in [0.717, 1.165) is 16.7 Å². The van der Waals surface area contributed by atoms with E-state index in [0.29, 0.717) is 11.4 Å². The van der Waals surface area contributed by atoms with Gasteiger partial charge in [0.25, 0.3) is 10.0 Å². The van der Waals surface area contributed by atoms with Gasteiger partial charge in [0.1, 0.15) is 0 Å². The Kier molecular flexibility index (Phi) is 4.99. The lowest BCUT2D eigenvalue weighted by molar-refractivity contribution is 0.276. The molecule has 0 fully saturated rings. The molecule has 2 aromatic carbocycles. The zero-order chi connectivity index (χ0) is 19.6. The van der Waals surface area contributed by atoms with Crippen LogP contribution in [0.25, 0.3) is 22.4 Å². The van der Waals surface area contributed by atoms with Crippen LogP contribution >= 0.6 is 11.3 Å². The third kappa shape index (κ3) is 3.70. The molecule has 2 aromatic heterocycles. The van der Waals surface area contributed by atoms with Crippen molar-refractivity contribution < 1.29 is 13.5 Å². The molecule has 0 atom stereocenters. The molecular weight excluding hydrogens is 394 g/mol. The van der Waals surface area contributed by atoms with Crippen molar-refractivity contribution in [3.63, 3.8) is 0 Å². The predicted molar refractivity (Wildman–Crippen MR) is 110 cm³/mol. The van der Waals surface area contributed by atoms with E-state index in [1.165, 1.54) is 16.9 Å². The molecule has 0 amide bonds. The van der Waals surface area contributed by atoms with Crippen LogP contribution in [-0.4, -0.2) is 23.4 Å². The first kappa shape index (κ1) is 18.4. The maximum atomic E-state index is 12.7.